The van der Waals surface area contributed by atoms with Crippen LogP contribution in [0.15, 0.2) is 0 Å². The monoisotopic (exact) mass is 272 g/mol. The van der Waals surface area contributed by atoms with Gasteiger partial charge in [0.2, 0.25) is 0 Å². The third kappa shape index (κ3) is 72.7. The van der Waals surface area contributed by atoms with Gasteiger partial charge in [-0.2, -0.15) is 19.8 Å². The Bertz CT molecular complexity index is 13.7. The van der Waals surface area contributed by atoms with Crippen molar-refractivity contribution in [3.05, 3.63) is 12.3 Å². The van der Waals surface area contributed by atoms with Crippen LogP contribution in [0.4, 0.5) is 0 Å². The Kier molecular flexibility index (Phi) is 225. The van der Waals surface area contributed by atoms with Crippen LogP contribution in [0, 0.1) is 0 Å². The standard InChI is InChI=1S/2ClH.2H2N.2H3P.Ru/h2*1H;2*1H2;2*1H3;/q;;2*-1;;;+4/p-2. The number of hydrogen-bond acceptors (Lipinski definition) is 0. The predicted octanol–water partition coefficient (Wildman–Crippen LogP) is 2.93. The van der Waals surface area contributed by atoms with Gasteiger partial charge in [-0.05, 0) is 0 Å². The summed E-state index contributed by atoms with van der Waals surface area (Å²) in [4.78, 5) is 0. The topological polar surface area (TPSA) is 67.0 Å². The fraction of sp³-hybridized carbons (Fsp3) is 0. The Labute approximate surface area is 66.6 Å². The van der Waals surface area contributed by atoms with E-state index in [1.165, 1.54) is 0 Å². The summed E-state index contributed by atoms with van der Waals surface area (Å²) in [6.07, 6.45) is 0. The van der Waals surface area contributed by atoms with E-state index in [0.29, 0.717) is 0 Å². The van der Waals surface area contributed by atoms with Crippen molar-refractivity contribution in [3.8, 4) is 0 Å². The summed E-state index contributed by atoms with van der Waals surface area (Å²) >= 11 is -0.346. The summed E-state index contributed by atoms with van der Waals surface area (Å²) in [5.41, 5.74) is 0. The normalized spacial score (nSPS) is 2.57. The number of rotatable bonds is 0. The number of halogens is 2. The van der Waals surface area contributed by atoms with Crippen LogP contribution >= 0.6 is 39.2 Å². The summed E-state index contributed by atoms with van der Waals surface area (Å²) in [7, 11) is 9.71. The van der Waals surface area contributed by atoms with Gasteiger partial charge in [-0.25, -0.2) is 0 Å². The molecule has 7 heavy (non-hydrogen) atoms. The first-order valence-corrected chi connectivity index (χ1v) is 4.74. The minimum absolute atomic E-state index is 0. The van der Waals surface area contributed by atoms with Gasteiger partial charge >= 0.3 is 34.5 Å². The molecule has 0 saturated carbocycles. The van der Waals surface area contributed by atoms with Gasteiger partial charge in [0.1, 0.15) is 0 Å². The molecule has 0 aromatic rings. The van der Waals surface area contributed by atoms with Gasteiger partial charge in [-0.15, -0.1) is 0 Å². The van der Waals surface area contributed by atoms with Crippen molar-refractivity contribution < 1.29 is 15.1 Å². The summed E-state index contributed by atoms with van der Waals surface area (Å²) < 4.78 is 0. The molecule has 0 heterocycles. The minimum atomic E-state index is -0.346. The van der Waals surface area contributed by atoms with Crippen LogP contribution in [0.1, 0.15) is 0 Å². The smallest absolute Gasteiger partial charge is 0.693 e. The van der Waals surface area contributed by atoms with Crippen molar-refractivity contribution in [3.63, 3.8) is 0 Å². The molecule has 0 aliphatic rings. The van der Waals surface area contributed by atoms with E-state index in [4.69, 9.17) is 19.4 Å². The second kappa shape index (κ2) is 43.7. The van der Waals surface area contributed by atoms with Crippen LogP contribution in [0.25, 0.3) is 12.3 Å². The molecule has 2 atom stereocenters. The van der Waals surface area contributed by atoms with E-state index in [-0.39, 0.29) is 47.2 Å². The molecule has 7 heteroatoms. The van der Waals surface area contributed by atoms with Crippen molar-refractivity contribution in [2.45, 2.75) is 0 Å². The maximum Gasteiger partial charge on any atom is -0.693 e. The molecule has 0 saturated heterocycles. The average Bonchev–Trinajstić information content (AvgIpc) is 0.918. The minimum Gasteiger partial charge on any atom is -0.693 e. The van der Waals surface area contributed by atoms with Crippen molar-refractivity contribution >= 4 is 39.2 Å². The van der Waals surface area contributed by atoms with E-state index in [9.17, 15) is 0 Å². The van der Waals surface area contributed by atoms with Gasteiger partial charge in [0.05, 0.1) is 0 Å². The van der Waals surface area contributed by atoms with Crippen molar-refractivity contribution in [2.75, 3.05) is 0 Å². The summed E-state index contributed by atoms with van der Waals surface area (Å²) in [6, 6.07) is 0. The predicted molar refractivity (Wildman–Crippen MR) is 44.5 cm³/mol. The molecule has 0 aromatic heterocycles. The van der Waals surface area contributed by atoms with E-state index in [1.807, 2.05) is 0 Å². The van der Waals surface area contributed by atoms with Crippen molar-refractivity contribution in [2.24, 2.45) is 0 Å². The van der Waals surface area contributed by atoms with Gasteiger partial charge in [0.25, 0.3) is 0 Å². The van der Waals surface area contributed by atoms with E-state index < -0.39 is 0 Å². The molecule has 0 aliphatic heterocycles. The van der Waals surface area contributed by atoms with Crippen molar-refractivity contribution in [1.29, 1.82) is 0 Å². The van der Waals surface area contributed by atoms with E-state index in [0.717, 1.165) is 0 Å². The van der Waals surface area contributed by atoms with Crippen LogP contribution < -0.4 is 0 Å². The van der Waals surface area contributed by atoms with Crippen LogP contribution in [-0.4, -0.2) is 0 Å². The van der Waals surface area contributed by atoms with Gasteiger partial charge < -0.3 is 12.3 Å². The molecule has 0 rings (SSSR count). The molecule has 0 radical (unpaired) electrons. The maximum atomic E-state index is 4.85. The second-order valence-corrected chi connectivity index (χ2v) is 2.69. The first-order valence-electron chi connectivity index (χ1n) is 0.267. The van der Waals surface area contributed by atoms with E-state index in [1.54, 1.807) is 0 Å². The Morgan fingerprint density at radius 3 is 0.857 bits per heavy atom. The Balaban J connectivity index is -0.00000000333. The molecule has 52 valence electrons. The van der Waals surface area contributed by atoms with Gasteiger partial charge in [-0.3, -0.25) is 0 Å². The largest absolute Gasteiger partial charge is 0.693 e. The van der Waals surface area contributed by atoms with Crippen LogP contribution in [0.3, 0.4) is 0 Å². The Morgan fingerprint density at radius 2 is 0.857 bits per heavy atom. The van der Waals surface area contributed by atoms with Gasteiger partial charge in [0, 0.05) is 0 Å². The molecule has 0 aliphatic carbocycles. The van der Waals surface area contributed by atoms with E-state index in [2.05, 4.69) is 0 Å². The first-order chi connectivity index (χ1) is 1.41. The van der Waals surface area contributed by atoms with E-state index >= 15 is 0 Å². The zero-order valence-corrected chi connectivity index (χ0v) is 9.76. The van der Waals surface area contributed by atoms with Crippen molar-refractivity contribution in [1.82, 2.24) is 0 Å². The second-order valence-electron chi connectivity index (χ2n) is 0.0505. The molecule has 2 nitrogen and oxygen atoms in total. The molecule has 0 fully saturated rings. The fourth-order valence-corrected chi connectivity index (χ4v) is 0. The van der Waals surface area contributed by atoms with Crippen LogP contribution in [-0.2, 0) is 15.1 Å². The molecular weight excluding hydrogens is 262 g/mol. The number of nitrogens with two attached hydrogens (primary N) is 2. The quantitative estimate of drug-likeness (QED) is 0.480. The Hall–Kier alpha value is 1.98. The number of hydrogen-bond donors (Lipinski definition) is 0. The van der Waals surface area contributed by atoms with Crippen LogP contribution in [0.2, 0.25) is 0 Å². The zero-order chi connectivity index (χ0) is 2.71. The summed E-state index contributed by atoms with van der Waals surface area (Å²) in [5.74, 6) is 0. The zero-order valence-electron chi connectivity index (χ0n) is 3.68. The van der Waals surface area contributed by atoms with Crippen LogP contribution in [0.5, 0.6) is 0 Å². The molecule has 0 aromatic carbocycles. The molecule has 2 unspecified atom stereocenters. The third-order valence-corrected chi connectivity index (χ3v) is 0. The molecule has 4 N–H and O–H groups in total. The fourth-order valence-electron chi connectivity index (χ4n) is 0. The first kappa shape index (κ1) is 36.1. The Morgan fingerprint density at radius 1 is 0.857 bits per heavy atom. The summed E-state index contributed by atoms with van der Waals surface area (Å²) in [6.45, 7) is 0. The average molecular weight is 272 g/mol. The SMILES string of the molecule is P.P.[Cl][Ru+2][Cl].[NH2-].[NH2-]. The molecular formula is H10Cl2N2P2Ru. The maximum absolute atomic E-state index is 4.85. The molecule has 0 bridgehead atoms. The third-order valence-electron chi connectivity index (χ3n) is 0. The van der Waals surface area contributed by atoms with Gasteiger partial charge in [0.15, 0.2) is 0 Å². The molecule has 0 spiro atoms. The van der Waals surface area contributed by atoms with Gasteiger partial charge in [-0.1, -0.05) is 0 Å². The summed E-state index contributed by atoms with van der Waals surface area (Å²) in [5, 5.41) is 0. The molecule has 0 amide bonds.